The second-order valence-corrected chi connectivity index (χ2v) is 9.18. The molecule has 2 N–H and O–H groups in total. The van der Waals surface area contributed by atoms with E-state index in [2.05, 4.69) is 4.99 Å². The first-order chi connectivity index (χ1) is 13.6. The quantitative estimate of drug-likeness (QED) is 0.583. The fraction of sp³-hybridized carbons (Fsp3) is 0.118. The number of rotatable bonds is 4. The van der Waals surface area contributed by atoms with E-state index in [9.17, 15) is 18.0 Å². The maximum atomic E-state index is 12.6. The van der Waals surface area contributed by atoms with Gasteiger partial charge in [-0.25, -0.2) is 13.6 Å². The summed E-state index contributed by atoms with van der Waals surface area (Å²) in [6, 6.07) is 8.49. The molecular formula is C17H13Cl2N3O5S2. The first-order valence-corrected chi connectivity index (χ1v) is 11.0. The molecule has 152 valence electrons. The third-order valence-corrected chi connectivity index (χ3v) is 6.36. The molecule has 2 aromatic carbocycles. The van der Waals surface area contributed by atoms with Gasteiger partial charge in [0.2, 0.25) is 10.0 Å². The van der Waals surface area contributed by atoms with E-state index in [4.69, 9.17) is 33.1 Å². The maximum Gasteiger partial charge on any atom is 0.325 e. The second kappa shape index (κ2) is 8.25. The van der Waals surface area contributed by atoms with Crippen LogP contribution in [-0.4, -0.2) is 32.0 Å². The Kier molecular flexibility index (Phi) is 6.11. The molecule has 1 amide bonds. The van der Waals surface area contributed by atoms with Crippen molar-refractivity contribution in [1.29, 1.82) is 0 Å². The molecule has 0 aliphatic carbocycles. The third kappa shape index (κ3) is 4.68. The lowest BCUT2D eigenvalue weighted by molar-refractivity contribution is -0.141. The Morgan fingerprint density at radius 2 is 1.93 bits per heavy atom. The number of methoxy groups -OCH3 is 1. The average molecular weight is 474 g/mol. The van der Waals surface area contributed by atoms with Gasteiger partial charge >= 0.3 is 5.97 Å². The van der Waals surface area contributed by atoms with Crippen molar-refractivity contribution in [2.45, 2.75) is 11.4 Å². The van der Waals surface area contributed by atoms with Crippen molar-refractivity contribution < 1.29 is 22.7 Å². The summed E-state index contributed by atoms with van der Waals surface area (Å²) in [4.78, 5) is 28.6. The number of hydrogen-bond donors (Lipinski definition) is 1. The topological polar surface area (TPSA) is 121 Å². The molecule has 0 spiro atoms. The molecule has 29 heavy (non-hydrogen) atoms. The Balaban J connectivity index is 2.21. The Morgan fingerprint density at radius 1 is 1.21 bits per heavy atom. The van der Waals surface area contributed by atoms with Gasteiger partial charge in [-0.1, -0.05) is 34.5 Å². The summed E-state index contributed by atoms with van der Waals surface area (Å²) < 4.78 is 29.8. The van der Waals surface area contributed by atoms with Crippen molar-refractivity contribution in [1.82, 2.24) is 4.57 Å². The highest BCUT2D eigenvalue weighted by molar-refractivity contribution is 7.89. The number of nitrogens with zero attached hydrogens (tertiary/aromatic N) is 2. The number of hydrogen-bond acceptors (Lipinski definition) is 6. The van der Waals surface area contributed by atoms with Gasteiger partial charge in [-0.3, -0.25) is 9.59 Å². The number of ether oxygens (including phenoxy) is 1. The highest BCUT2D eigenvalue weighted by Crippen LogP contribution is 2.23. The number of halogens is 2. The Labute approximate surface area is 179 Å². The van der Waals surface area contributed by atoms with Crippen LogP contribution in [0.15, 0.2) is 46.3 Å². The van der Waals surface area contributed by atoms with Crippen LogP contribution in [0.5, 0.6) is 0 Å². The highest BCUT2D eigenvalue weighted by atomic mass is 35.5. The standard InChI is InChI=1S/C17H13Cl2N3O5S2/c1-27-15(23)8-22-13-5-3-10(29(20,25)26)7-14(13)28-17(22)21-16(24)11-4-2-9(18)6-12(11)19/h2-7H,8H2,1H3,(H2,20,25,26). The lowest BCUT2D eigenvalue weighted by Crippen LogP contribution is -2.22. The van der Waals surface area contributed by atoms with Crippen molar-refractivity contribution in [3.8, 4) is 0 Å². The van der Waals surface area contributed by atoms with E-state index in [1.54, 1.807) is 0 Å². The van der Waals surface area contributed by atoms with Gasteiger partial charge in [0.25, 0.3) is 5.91 Å². The molecule has 0 aliphatic rings. The number of benzene rings is 2. The minimum atomic E-state index is -3.92. The Hall–Kier alpha value is -2.24. The van der Waals surface area contributed by atoms with Crippen LogP contribution < -0.4 is 9.94 Å². The van der Waals surface area contributed by atoms with Crippen molar-refractivity contribution >= 4 is 66.7 Å². The molecule has 0 fully saturated rings. The van der Waals surface area contributed by atoms with Gasteiger partial charge in [0, 0.05) is 5.02 Å². The summed E-state index contributed by atoms with van der Waals surface area (Å²) >= 11 is 12.9. The summed E-state index contributed by atoms with van der Waals surface area (Å²) in [5.41, 5.74) is 0.616. The fourth-order valence-electron chi connectivity index (χ4n) is 2.47. The number of nitrogens with two attached hydrogens (primary N) is 1. The molecule has 0 bridgehead atoms. The lowest BCUT2D eigenvalue weighted by atomic mass is 10.2. The first-order valence-electron chi connectivity index (χ1n) is 7.87. The molecule has 0 aliphatic heterocycles. The van der Waals surface area contributed by atoms with Crippen molar-refractivity contribution in [2.24, 2.45) is 10.1 Å². The smallest absolute Gasteiger partial charge is 0.325 e. The minimum Gasteiger partial charge on any atom is -0.468 e. The number of thiazole rings is 1. The van der Waals surface area contributed by atoms with Crippen LogP contribution in [0.4, 0.5) is 0 Å². The highest BCUT2D eigenvalue weighted by Gasteiger charge is 2.16. The predicted molar refractivity (Wildman–Crippen MR) is 110 cm³/mol. The molecule has 3 aromatic rings. The average Bonchev–Trinajstić information content (AvgIpc) is 2.97. The minimum absolute atomic E-state index is 0.102. The summed E-state index contributed by atoms with van der Waals surface area (Å²) in [5.74, 6) is -1.22. The van der Waals surface area contributed by atoms with Crippen molar-refractivity contribution in [2.75, 3.05) is 7.11 Å². The van der Waals surface area contributed by atoms with Crippen LogP contribution in [0.25, 0.3) is 10.2 Å². The van der Waals surface area contributed by atoms with E-state index in [0.29, 0.717) is 15.2 Å². The number of carbonyl (C=O) groups excluding carboxylic acids is 2. The van der Waals surface area contributed by atoms with Gasteiger partial charge in [-0.2, -0.15) is 4.99 Å². The van der Waals surface area contributed by atoms with Crippen LogP contribution in [0.1, 0.15) is 10.4 Å². The predicted octanol–water partition coefficient (Wildman–Crippen LogP) is 2.57. The number of amides is 1. The van der Waals surface area contributed by atoms with E-state index in [0.717, 1.165) is 11.3 Å². The first kappa shape index (κ1) is 21.5. The third-order valence-electron chi connectivity index (χ3n) is 3.86. The number of esters is 1. The molecular weight excluding hydrogens is 461 g/mol. The Morgan fingerprint density at radius 3 is 2.55 bits per heavy atom. The number of fused-ring (bicyclic) bond motifs is 1. The largest absolute Gasteiger partial charge is 0.468 e. The number of primary sulfonamides is 1. The van der Waals surface area contributed by atoms with E-state index in [-0.39, 0.29) is 26.8 Å². The molecule has 0 radical (unpaired) electrons. The van der Waals surface area contributed by atoms with Gasteiger partial charge in [0.15, 0.2) is 4.80 Å². The molecule has 0 atom stereocenters. The molecule has 0 saturated heterocycles. The summed E-state index contributed by atoms with van der Waals surface area (Å²) in [6.45, 7) is -0.230. The van der Waals surface area contributed by atoms with E-state index in [1.165, 1.54) is 48.1 Å². The second-order valence-electron chi connectivity index (χ2n) is 5.76. The summed E-state index contributed by atoms with van der Waals surface area (Å²) in [7, 11) is -2.69. The number of sulfonamides is 1. The van der Waals surface area contributed by atoms with Gasteiger partial charge in [-0.15, -0.1) is 0 Å². The van der Waals surface area contributed by atoms with Crippen molar-refractivity contribution in [3.63, 3.8) is 0 Å². The van der Waals surface area contributed by atoms with Crippen LogP contribution in [0.2, 0.25) is 10.0 Å². The Bertz CT molecular complexity index is 1310. The van der Waals surface area contributed by atoms with Crippen LogP contribution >= 0.6 is 34.5 Å². The number of aromatic nitrogens is 1. The van der Waals surface area contributed by atoms with E-state index < -0.39 is 21.9 Å². The molecule has 12 heteroatoms. The molecule has 0 saturated carbocycles. The van der Waals surface area contributed by atoms with Crippen LogP contribution in [0, 0.1) is 0 Å². The van der Waals surface area contributed by atoms with E-state index in [1.807, 2.05) is 0 Å². The summed E-state index contributed by atoms with van der Waals surface area (Å²) in [6.07, 6.45) is 0. The fourth-order valence-corrected chi connectivity index (χ4v) is 4.64. The lowest BCUT2D eigenvalue weighted by Gasteiger charge is -2.04. The molecule has 1 aromatic heterocycles. The van der Waals surface area contributed by atoms with Gasteiger partial charge < -0.3 is 9.30 Å². The molecule has 1 heterocycles. The van der Waals surface area contributed by atoms with Crippen LogP contribution in [-0.2, 0) is 26.1 Å². The monoisotopic (exact) mass is 473 g/mol. The van der Waals surface area contributed by atoms with Crippen molar-refractivity contribution in [3.05, 3.63) is 56.8 Å². The number of carbonyl (C=O) groups is 2. The normalized spacial score (nSPS) is 12.3. The summed E-state index contributed by atoms with van der Waals surface area (Å²) in [5, 5.41) is 5.67. The maximum absolute atomic E-state index is 12.6. The van der Waals surface area contributed by atoms with Gasteiger partial charge in [0.1, 0.15) is 6.54 Å². The zero-order valence-corrected chi connectivity index (χ0v) is 17.9. The van der Waals surface area contributed by atoms with E-state index >= 15 is 0 Å². The molecule has 3 rings (SSSR count). The SMILES string of the molecule is COC(=O)Cn1c(=NC(=O)c2ccc(Cl)cc2Cl)sc2cc(S(N)(=O)=O)ccc21. The van der Waals surface area contributed by atoms with Gasteiger partial charge in [0.05, 0.1) is 32.8 Å². The zero-order chi connectivity index (χ0) is 21.3. The van der Waals surface area contributed by atoms with Gasteiger partial charge in [-0.05, 0) is 36.4 Å². The molecule has 8 nitrogen and oxygen atoms in total. The molecule has 0 unspecified atom stereocenters. The zero-order valence-electron chi connectivity index (χ0n) is 14.8. The van der Waals surface area contributed by atoms with Crippen LogP contribution in [0.3, 0.4) is 0 Å².